The lowest BCUT2D eigenvalue weighted by Gasteiger charge is -2.10. The molecule has 114 valence electrons. The maximum absolute atomic E-state index is 12.0. The van der Waals surface area contributed by atoms with Crippen molar-refractivity contribution >= 4 is 29.2 Å². The number of hydrogen-bond donors (Lipinski definition) is 3. The van der Waals surface area contributed by atoms with Crippen LogP contribution in [-0.2, 0) is 9.59 Å². The molecule has 0 saturated heterocycles. The standard InChI is InChI=1S/C14H12N2O5S/c17-11(18)6-9(14(20)21)15-12(19)10-7-22-13(16-10)8-4-2-1-3-5-8/h1-5,7,9H,6H2,(H,15,19)(H,17,18)(H,20,21). The molecule has 1 atom stereocenters. The fourth-order valence-electron chi connectivity index (χ4n) is 1.70. The number of aliphatic carboxylic acids is 2. The minimum Gasteiger partial charge on any atom is -0.481 e. The SMILES string of the molecule is O=C(O)CC(NC(=O)c1csc(-c2ccccc2)n1)C(=O)O. The Kier molecular flexibility index (Phi) is 4.84. The number of hydrogen-bond acceptors (Lipinski definition) is 5. The Hall–Kier alpha value is -2.74. The summed E-state index contributed by atoms with van der Waals surface area (Å²) in [5, 5.41) is 21.8. The molecule has 3 N–H and O–H groups in total. The number of carboxylic acids is 2. The number of carbonyl (C=O) groups is 3. The van der Waals surface area contributed by atoms with Gasteiger partial charge in [0.15, 0.2) is 0 Å². The van der Waals surface area contributed by atoms with Crippen LogP contribution in [0, 0.1) is 0 Å². The molecule has 0 aliphatic rings. The van der Waals surface area contributed by atoms with Crippen LogP contribution in [0.15, 0.2) is 35.7 Å². The van der Waals surface area contributed by atoms with Crippen molar-refractivity contribution in [1.29, 1.82) is 0 Å². The minimum absolute atomic E-state index is 0.0560. The molecule has 0 radical (unpaired) electrons. The van der Waals surface area contributed by atoms with Crippen molar-refractivity contribution in [3.05, 3.63) is 41.4 Å². The van der Waals surface area contributed by atoms with E-state index < -0.39 is 30.3 Å². The second kappa shape index (κ2) is 6.81. The summed E-state index contributed by atoms with van der Waals surface area (Å²) < 4.78 is 0. The minimum atomic E-state index is -1.49. The molecule has 1 amide bonds. The first-order chi connectivity index (χ1) is 10.5. The second-order valence-corrected chi connectivity index (χ2v) is 5.22. The Morgan fingerprint density at radius 1 is 1.18 bits per heavy atom. The van der Waals surface area contributed by atoms with Crippen LogP contribution in [0.3, 0.4) is 0 Å². The predicted molar refractivity (Wildman–Crippen MR) is 78.7 cm³/mol. The van der Waals surface area contributed by atoms with E-state index in [9.17, 15) is 14.4 Å². The summed E-state index contributed by atoms with van der Waals surface area (Å²) in [6, 6.07) is 7.71. The van der Waals surface area contributed by atoms with Crippen LogP contribution >= 0.6 is 11.3 Å². The number of carbonyl (C=O) groups excluding carboxylic acids is 1. The molecule has 0 bridgehead atoms. The summed E-state index contributed by atoms with van der Waals surface area (Å²) in [7, 11) is 0. The van der Waals surface area contributed by atoms with Crippen LogP contribution in [0.25, 0.3) is 10.6 Å². The van der Waals surface area contributed by atoms with Crippen molar-refractivity contribution in [2.45, 2.75) is 12.5 Å². The van der Waals surface area contributed by atoms with Gasteiger partial charge in [-0.1, -0.05) is 30.3 Å². The number of nitrogens with one attached hydrogen (secondary N) is 1. The third kappa shape index (κ3) is 3.89. The topological polar surface area (TPSA) is 117 Å². The highest BCUT2D eigenvalue weighted by atomic mass is 32.1. The van der Waals surface area contributed by atoms with Crippen molar-refractivity contribution in [3.63, 3.8) is 0 Å². The Bertz CT molecular complexity index is 698. The average Bonchev–Trinajstić information content (AvgIpc) is 2.96. The molecule has 0 fully saturated rings. The Labute approximate surface area is 129 Å². The van der Waals surface area contributed by atoms with E-state index in [4.69, 9.17) is 10.2 Å². The van der Waals surface area contributed by atoms with Crippen LogP contribution in [0.1, 0.15) is 16.9 Å². The number of benzene rings is 1. The van der Waals surface area contributed by atoms with E-state index in [1.54, 1.807) is 0 Å². The number of nitrogens with zero attached hydrogens (tertiary/aromatic N) is 1. The van der Waals surface area contributed by atoms with Gasteiger partial charge < -0.3 is 15.5 Å². The molecular weight excluding hydrogens is 308 g/mol. The highest BCUT2D eigenvalue weighted by Gasteiger charge is 2.24. The highest BCUT2D eigenvalue weighted by Crippen LogP contribution is 2.23. The van der Waals surface area contributed by atoms with Crippen LogP contribution in [0.5, 0.6) is 0 Å². The van der Waals surface area contributed by atoms with E-state index in [1.807, 2.05) is 30.3 Å². The van der Waals surface area contributed by atoms with E-state index >= 15 is 0 Å². The number of aromatic nitrogens is 1. The van der Waals surface area contributed by atoms with E-state index in [-0.39, 0.29) is 5.69 Å². The van der Waals surface area contributed by atoms with Gasteiger partial charge in [0.25, 0.3) is 5.91 Å². The quantitative estimate of drug-likeness (QED) is 0.742. The normalized spacial score (nSPS) is 11.6. The molecule has 2 aromatic rings. The van der Waals surface area contributed by atoms with Gasteiger partial charge >= 0.3 is 11.9 Å². The van der Waals surface area contributed by atoms with E-state index in [0.717, 1.165) is 5.56 Å². The first kappa shape index (κ1) is 15.6. The largest absolute Gasteiger partial charge is 0.481 e. The maximum atomic E-state index is 12.0. The molecule has 1 aromatic carbocycles. The lowest BCUT2D eigenvalue weighted by atomic mass is 10.2. The zero-order valence-electron chi connectivity index (χ0n) is 11.2. The van der Waals surface area contributed by atoms with Gasteiger partial charge in [0, 0.05) is 10.9 Å². The third-order valence-corrected chi connectivity index (χ3v) is 3.63. The lowest BCUT2D eigenvalue weighted by molar-refractivity contribution is -0.145. The van der Waals surface area contributed by atoms with E-state index in [2.05, 4.69) is 10.3 Å². The summed E-state index contributed by atoms with van der Waals surface area (Å²) in [4.78, 5) is 37.6. The first-order valence-electron chi connectivity index (χ1n) is 6.24. The van der Waals surface area contributed by atoms with E-state index in [0.29, 0.717) is 5.01 Å². The van der Waals surface area contributed by atoms with Crippen LogP contribution in [-0.4, -0.2) is 39.1 Å². The molecule has 0 aliphatic carbocycles. The molecule has 7 nitrogen and oxygen atoms in total. The van der Waals surface area contributed by atoms with Gasteiger partial charge in [-0.15, -0.1) is 11.3 Å². The Morgan fingerprint density at radius 3 is 2.45 bits per heavy atom. The molecule has 8 heteroatoms. The zero-order chi connectivity index (χ0) is 16.1. The van der Waals surface area contributed by atoms with Crippen molar-refractivity contribution in [3.8, 4) is 10.6 Å². The summed E-state index contributed by atoms with van der Waals surface area (Å²) in [6.07, 6.45) is -0.698. The molecule has 1 unspecified atom stereocenters. The molecule has 22 heavy (non-hydrogen) atoms. The Morgan fingerprint density at radius 2 is 1.86 bits per heavy atom. The molecule has 0 spiro atoms. The monoisotopic (exact) mass is 320 g/mol. The number of amides is 1. The summed E-state index contributed by atoms with van der Waals surface area (Å²) in [6.45, 7) is 0. The fourth-order valence-corrected chi connectivity index (χ4v) is 2.50. The number of carboxylic acid groups (broad SMARTS) is 2. The Balaban J connectivity index is 2.11. The number of rotatable bonds is 6. The summed E-state index contributed by atoms with van der Waals surface area (Å²) in [5.41, 5.74) is 0.896. The molecule has 2 rings (SSSR count). The van der Waals surface area contributed by atoms with Gasteiger partial charge in [-0.3, -0.25) is 9.59 Å². The molecular formula is C14H12N2O5S. The summed E-state index contributed by atoms with van der Waals surface area (Å²) in [5.74, 6) is -3.43. The lowest BCUT2D eigenvalue weighted by Crippen LogP contribution is -2.42. The van der Waals surface area contributed by atoms with Gasteiger partial charge in [-0.05, 0) is 0 Å². The fraction of sp³-hybridized carbons (Fsp3) is 0.143. The van der Waals surface area contributed by atoms with Crippen LogP contribution in [0.2, 0.25) is 0 Å². The van der Waals surface area contributed by atoms with Crippen LogP contribution in [0.4, 0.5) is 0 Å². The van der Waals surface area contributed by atoms with Gasteiger partial charge in [-0.2, -0.15) is 0 Å². The molecule has 0 aliphatic heterocycles. The van der Waals surface area contributed by atoms with Crippen molar-refractivity contribution in [2.75, 3.05) is 0 Å². The zero-order valence-corrected chi connectivity index (χ0v) is 12.0. The van der Waals surface area contributed by atoms with Gasteiger partial charge in [0.1, 0.15) is 16.7 Å². The molecule has 0 saturated carbocycles. The van der Waals surface area contributed by atoms with Crippen molar-refractivity contribution in [2.24, 2.45) is 0 Å². The van der Waals surface area contributed by atoms with E-state index in [1.165, 1.54) is 16.7 Å². The summed E-state index contributed by atoms with van der Waals surface area (Å²) >= 11 is 1.24. The predicted octanol–water partition coefficient (Wildman–Crippen LogP) is 1.47. The van der Waals surface area contributed by atoms with Crippen molar-refractivity contribution < 1.29 is 24.6 Å². The highest BCUT2D eigenvalue weighted by molar-refractivity contribution is 7.13. The second-order valence-electron chi connectivity index (χ2n) is 4.37. The van der Waals surface area contributed by atoms with Gasteiger partial charge in [0.05, 0.1) is 6.42 Å². The molecule has 1 aromatic heterocycles. The van der Waals surface area contributed by atoms with Gasteiger partial charge in [-0.25, -0.2) is 9.78 Å². The van der Waals surface area contributed by atoms with Crippen LogP contribution < -0.4 is 5.32 Å². The maximum Gasteiger partial charge on any atom is 0.326 e. The van der Waals surface area contributed by atoms with Crippen molar-refractivity contribution in [1.82, 2.24) is 10.3 Å². The average molecular weight is 320 g/mol. The third-order valence-electron chi connectivity index (χ3n) is 2.74. The number of thiazole rings is 1. The smallest absolute Gasteiger partial charge is 0.326 e. The van der Waals surface area contributed by atoms with Gasteiger partial charge in [0.2, 0.25) is 0 Å². The molecule has 1 heterocycles. The first-order valence-corrected chi connectivity index (χ1v) is 7.11.